The minimum atomic E-state index is 0.00353. The zero-order chi connectivity index (χ0) is 26.6. The van der Waals surface area contributed by atoms with Crippen molar-refractivity contribution in [2.24, 2.45) is 0 Å². The van der Waals surface area contributed by atoms with Gasteiger partial charge in [-0.2, -0.15) is 5.26 Å². The summed E-state index contributed by atoms with van der Waals surface area (Å²) in [5.41, 5.74) is 5.21. The van der Waals surface area contributed by atoms with Crippen molar-refractivity contribution >= 4 is 17.2 Å². The van der Waals surface area contributed by atoms with Gasteiger partial charge in [0, 0.05) is 38.0 Å². The van der Waals surface area contributed by atoms with Crippen molar-refractivity contribution in [2.45, 2.75) is 57.8 Å². The summed E-state index contributed by atoms with van der Waals surface area (Å²) < 4.78 is 11.2. The maximum atomic E-state index is 12.8. The minimum Gasteiger partial charge on any atom is -0.490 e. The number of nitrogens with zero attached hydrogens (tertiary/aromatic N) is 3. The molecule has 5 rings (SSSR count). The summed E-state index contributed by atoms with van der Waals surface area (Å²) in [5.74, 6) is 0.740. The fourth-order valence-corrected chi connectivity index (χ4v) is 6.38. The van der Waals surface area contributed by atoms with Gasteiger partial charge in [-0.1, -0.05) is 18.2 Å². The Balaban J connectivity index is 1.30. The van der Waals surface area contributed by atoms with Crippen molar-refractivity contribution in [1.82, 2.24) is 15.2 Å². The van der Waals surface area contributed by atoms with E-state index in [0.29, 0.717) is 24.4 Å². The number of thiazole rings is 1. The Morgan fingerprint density at radius 1 is 1.29 bits per heavy atom. The number of carbonyl (C=O) groups is 1. The van der Waals surface area contributed by atoms with Gasteiger partial charge in [0.2, 0.25) is 5.91 Å². The van der Waals surface area contributed by atoms with Crippen LogP contribution in [-0.4, -0.2) is 54.7 Å². The first-order valence-corrected chi connectivity index (χ1v) is 14.1. The molecule has 7 nitrogen and oxygen atoms in total. The molecule has 2 aliphatic rings. The van der Waals surface area contributed by atoms with Crippen LogP contribution in [0.4, 0.5) is 0 Å². The molecule has 3 aromatic rings. The van der Waals surface area contributed by atoms with E-state index in [4.69, 9.17) is 9.47 Å². The summed E-state index contributed by atoms with van der Waals surface area (Å²) >= 11 is 1.63. The number of amides is 1. The van der Waals surface area contributed by atoms with Crippen LogP contribution in [0.5, 0.6) is 5.75 Å². The second kappa shape index (κ2) is 11.6. The second-order valence-electron chi connectivity index (χ2n) is 10.2. The molecule has 38 heavy (non-hydrogen) atoms. The number of carbonyl (C=O) groups excluding carboxylic acids is 1. The third-order valence-electron chi connectivity index (χ3n) is 7.32. The Morgan fingerprint density at radius 3 is 2.95 bits per heavy atom. The second-order valence-corrected chi connectivity index (χ2v) is 11.2. The number of nitriles is 1. The SMILES string of the molecule is COC1CCCN(C(=O)CNC2CCc3c(-c4cnc(-c5ccc(OC(C)C)c(C#N)c5)s4)cccc32)C1. The Kier molecular flexibility index (Phi) is 8.08. The number of rotatable bonds is 8. The summed E-state index contributed by atoms with van der Waals surface area (Å²) in [7, 11) is 1.72. The molecule has 2 unspecified atom stereocenters. The van der Waals surface area contributed by atoms with E-state index in [9.17, 15) is 10.1 Å². The highest BCUT2D eigenvalue weighted by molar-refractivity contribution is 7.18. The highest BCUT2D eigenvalue weighted by atomic mass is 32.1. The van der Waals surface area contributed by atoms with Gasteiger partial charge < -0.3 is 19.7 Å². The smallest absolute Gasteiger partial charge is 0.236 e. The average Bonchev–Trinajstić information content (AvgIpc) is 3.59. The molecule has 0 saturated carbocycles. The van der Waals surface area contributed by atoms with Crippen LogP contribution >= 0.6 is 11.3 Å². The monoisotopic (exact) mass is 530 g/mol. The molecule has 1 amide bonds. The fourth-order valence-electron chi connectivity index (χ4n) is 5.42. The maximum Gasteiger partial charge on any atom is 0.236 e. The van der Waals surface area contributed by atoms with Gasteiger partial charge in [0.05, 0.1) is 29.2 Å². The largest absolute Gasteiger partial charge is 0.490 e. The highest BCUT2D eigenvalue weighted by Crippen LogP contribution is 2.41. The lowest BCUT2D eigenvalue weighted by molar-refractivity contribution is -0.133. The highest BCUT2D eigenvalue weighted by Gasteiger charge is 2.28. The zero-order valence-electron chi connectivity index (χ0n) is 22.2. The van der Waals surface area contributed by atoms with Gasteiger partial charge in [0.25, 0.3) is 0 Å². The van der Waals surface area contributed by atoms with Crippen LogP contribution in [0.3, 0.4) is 0 Å². The average molecular weight is 531 g/mol. The number of aromatic nitrogens is 1. The predicted molar refractivity (Wildman–Crippen MR) is 149 cm³/mol. The molecule has 8 heteroatoms. The molecular formula is C30H34N4O3S. The van der Waals surface area contributed by atoms with Crippen molar-refractivity contribution in [3.05, 3.63) is 59.3 Å². The lowest BCUT2D eigenvalue weighted by Crippen LogP contribution is -2.46. The Labute approximate surface area is 228 Å². The van der Waals surface area contributed by atoms with E-state index in [1.807, 2.05) is 43.1 Å². The standard InChI is InChI=1S/C30H34N4O3S/c1-19(2)37-27-12-9-20(14-21(27)15-31)30-33-16-28(38-30)25-8-4-7-24-23(25)10-11-26(24)32-17-29(35)34-13-5-6-22(18-34)36-3/h4,7-9,12,14,16,19,22,26,32H,5-6,10-11,13,17-18H2,1-3H3. The van der Waals surface area contributed by atoms with E-state index in [1.165, 1.54) is 16.7 Å². The molecule has 0 bridgehead atoms. The Bertz CT molecular complexity index is 1350. The van der Waals surface area contributed by atoms with E-state index >= 15 is 0 Å². The number of benzene rings is 2. The topological polar surface area (TPSA) is 87.5 Å². The van der Waals surface area contributed by atoms with E-state index in [-0.39, 0.29) is 24.2 Å². The number of fused-ring (bicyclic) bond motifs is 1. The molecule has 1 saturated heterocycles. The number of methoxy groups -OCH3 is 1. The number of piperidine rings is 1. The van der Waals surface area contributed by atoms with Crippen LogP contribution in [0.25, 0.3) is 21.0 Å². The summed E-state index contributed by atoms with van der Waals surface area (Å²) in [6, 6.07) is 14.5. The molecule has 2 heterocycles. The molecule has 1 aliphatic carbocycles. The Hall–Kier alpha value is -3.25. The van der Waals surface area contributed by atoms with Crippen LogP contribution in [0, 0.1) is 11.3 Å². The summed E-state index contributed by atoms with van der Waals surface area (Å²) in [5, 5.41) is 14.0. The quantitative estimate of drug-likeness (QED) is 0.422. The van der Waals surface area contributed by atoms with Gasteiger partial charge in [-0.25, -0.2) is 4.98 Å². The summed E-state index contributed by atoms with van der Waals surface area (Å²) in [6.07, 6.45) is 6.00. The number of hydrogen-bond donors (Lipinski definition) is 1. The molecular weight excluding hydrogens is 496 g/mol. The van der Waals surface area contributed by atoms with Crippen LogP contribution < -0.4 is 10.1 Å². The first-order valence-electron chi connectivity index (χ1n) is 13.3. The summed E-state index contributed by atoms with van der Waals surface area (Å²) in [4.78, 5) is 20.6. The predicted octanol–water partition coefficient (Wildman–Crippen LogP) is 5.35. The van der Waals surface area contributed by atoms with Gasteiger partial charge in [-0.3, -0.25) is 4.79 Å². The number of likely N-dealkylation sites (tertiary alicyclic amines) is 1. The van der Waals surface area contributed by atoms with Crippen LogP contribution in [0.15, 0.2) is 42.6 Å². The lowest BCUT2D eigenvalue weighted by Gasteiger charge is -2.32. The number of ether oxygens (including phenoxy) is 2. The van der Waals surface area contributed by atoms with Crippen molar-refractivity contribution in [2.75, 3.05) is 26.7 Å². The third-order valence-corrected chi connectivity index (χ3v) is 8.40. The Morgan fingerprint density at radius 2 is 2.16 bits per heavy atom. The molecule has 0 radical (unpaired) electrons. The zero-order valence-corrected chi connectivity index (χ0v) is 23.0. The summed E-state index contributed by atoms with van der Waals surface area (Å²) in [6.45, 7) is 5.73. The van der Waals surface area contributed by atoms with Crippen LogP contribution in [0.1, 0.15) is 55.8 Å². The minimum absolute atomic E-state index is 0.00353. The molecule has 1 aromatic heterocycles. The maximum absolute atomic E-state index is 12.8. The van der Waals surface area contributed by atoms with Crippen molar-refractivity contribution < 1.29 is 14.3 Å². The van der Waals surface area contributed by atoms with Gasteiger partial charge in [-0.05, 0) is 74.4 Å². The molecule has 0 spiro atoms. The third kappa shape index (κ3) is 5.60. The van der Waals surface area contributed by atoms with Crippen molar-refractivity contribution in [3.8, 4) is 32.8 Å². The molecule has 198 valence electrons. The van der Waals surface area contributed by atoms with Gasteiger partial charge >= 0.3 is 0 Å². The molecule has 2 atom stereocenters. The number of nitrogens with one attached hydrogen (secondary N) is 1. The van der Waals surface area contributed by atoms with Crippen LogP contribution in [0.2, 0.25) is 0 Å². The van der Waals surface area contributed by atoms with Gasteiger partial charge in [0.1, 0.15) is 16.8 Å². The van der Waals surface area contributed by atoms with E-state index in [0.717, 1.165) is 47.7 Å². The van der Waals surface area contributed by atoms with Crippen molar-refractivity contribution in [1.29, 1.82) is 5.26 Å². The molecule has 1 aliphatic heterocycles. The van der Waals surface area contributed by atoms with Crippen molar-refractivity contribution in [3.63, 3.8) is 0 Å². The molecule has 1 fully saturated rings. The first-order chi connectivity index (χ1) is 18.5. The molecule has 2 aromatic carbocycles. The van der Waals surface area contributed by atoms with E-state index in [1.54, 1.807) is 18.4 Å². The number of hydrogen-bond acceptors (Lipinski definition) is 7. The van der Waals surface area contributed by atoms with E-state index < -0.39 is 0 Å². The first kappa shape index (κ1) is 26.4. The van der Waals surface area contributed by atoms with Gasteiger partial charge in [-0.15, -0.1) is 11.3 Å². The molecule has 1 N–H and O–H groups in total. The lowest BCUT2D eigenvalue weighted by atomic mass is 10.0. The van der Waals surface area contributed by atoms with E-state index in [2.05, 4.69) is 34.6 Å². The van der Waals surface area contributed by atoms with Crippen LogP contribution in [-0.2, 0) is 16.0 Å². The fraction of sp³-hybridized carbons (Fsp3) is 0.433. The normalized spacial score (nSPS) is 18.9. The van der Waals surface area contributed by atoms with Gasteiger partial charge in [0.15, 0.2) is 0 Å².